The monoisotopic (exact) mass is 257 g/mol. The second kappa shape index (κ2) is 4.68. The fraction of sp³-hybridized carbons (Fsp3) is 0.467. The average Bonchev–Trinajstić information content (AvgIpc) is 3.05. The summed E-state index contributed by atoms with van der Waals surface area (Å²) in [5.74, 6) is 0.132. The summed E-state index contributed by atoms with van der Waals surface area (Å²) in [6, 6.07) is 4.01. The molecule has 4 heteroatoms. The largest absolute Gasteiger partial charge is 0.337 e. The van der Waals surface area contributed by atoms with Crippen molar-refractivity contribution < 1.29 is 4.79 Å². The predicted octanol–water partition coefficient (Wildman–Crippen LogP) is 2.44. The van der Waals surface area contributed by atoms with E-state index in [1.165, 1.54) is 0 Å². The molecule has 0 unspecified atom stereocenters. The van der Waals surface area contributed by atoms with Crippen LogP contribution in [0.2, 0.25) is 0 Å². The van der Waals surface area contributed by atoms with Crippen molar-refractivity contribution >= 4 is 11.6 Å². The third kappa shape index (κ3) is 1.91. The van der Waals surface area contributed by atoms with Crippen LogP contribution in [0, 0.1) is 6.92 Å². The summed E-state index contributed by atoms with van der Waals surface area (Å²) >= 11 is 0. The Kier molecular flexibility index (Phi) is 3.01. The Hall–Kier alpha value is -1.84. The zero-order chi connectivity index (χ0) is 13.4. The van der Waals surface area contributed by atoms with Gasteiger partial charge in [0.2, 0.25) is 0 Å². The van der Waals surface area contributed by atoms with E-state index < -0.39 is 0 Å². The summed E-state index contributed by atoms with van der Waals surface area (Å²) in [7, 11) is 0. The van der Waals surface area contributed by atoms with E-state index in [0.29, 0.717) is 0 Å². The van der Waals surface area contributed by atoms with E-state index in [1.54, 1.807) is 0 Å². The van der Waals surface area contributed by atoms with Gasteiger partial charge in [0.15, 0.2) is 0 Å². The molecule has 100 valence electrons. The van der Waals surface area contributed by atoms with Crippen molar-refractivity contribution in [3.8, 4) is 0 Å². The molecule has 1 aliphatic rings. The molecule has 1 saturated heterocycles. The molecular formula is C15H19N3O. The molecule has 19 heavy (non-hydrogen) atoms. The molecule has 0 radical (unpaired) electrons. The van der Waals surface area contributed by atoms with Crippen molar-refractivity contribution in [2.75, 3.05) is 13.1 Å². The molecule has 1 fully saturated rings. The van der Waals surface area contributed by atoms with Gasteiger partial charge in [0.1, 0.15) is 11.3 Å². The number of carbonyl (C=O) groups is 1. The van der Waals surface area contributed by atoms with E-state index in [-0.39, 0.29) is 5.91 Å². The predicted molar refractivity (Wildman–Crippen MR) is 74.4 cm³/mol. The number of rotatable bonds is 2. The highest BCUT2D eigenvalue weighted by Crippen LogP contribution is 2.20. The van der Waals surface area contributed by atoms with Gasteiger partial charge in [0.25, 0.3) is 5.91 Å². The van der Waals surface area contributed by atoms with Crippen LogP contribution in [0.25, 0.3) is 5.65 Å². The van der Waals surface area contributed by atoms with Crippen LogP contribution < -0.4 is 0 Å². The van der Waals surface area contributed by atoms with Crippen molar-refractivity contribution in [2.24, 2.45) is 0 Å². The summed E-state index contributed by atoms with van der Waals surface area (Å²) in [6.07, 6.45) is 4.96. The summed E-state index contributed by atoms with van der Waals surface area (Å²) in [4.78, 5) is 19.3. The number of nitrogens with zero attached hydrogens (tertiary/aromatic N) is 3. The molecule has 3 rings (SSSR count). The van der Waals surface area contributed by atoms with Crippen molar-refractivity contribution in [1.82, 2.24) is 14.3 Å². The number of aromatic nitrogens is 2. The average molecular weight is 257 g/mol. The van der Waals surface area contributed by atoms with E-state index >= 15 is 0 Å². The lowest BCUT2D eigenvalue weighted by molar-refractivity contribution is 0.0785. The van der Waals surface area contributed by atoms with Crippen molar-refractivity contribution in [1.29, 1.82) is 0 Å². The van der Waals surface area contributed by atoms with Crippen molar-refractivity contribution in [3.05, 3.63) is 35.3 Å². The summed E-state index contributed by atoms with van der Waals surface area (Å²) < 4.78 is 1.95. The van der Waals surface area contributed by atoms with Gasteiger partial charge in [-0.1, -0.05) is 13.0 Å². The molecule has 2 aromatic heterocycles. The van der Waals surface area contributed by atoms with Crippen LogP contribution in [-0.2, 0) is 6.42 Å². The van der Waals surface area contributed by atoms with E-state index in [1.807, 2.05) is 34.6 Å². The van der Waals surface area contributed by atoms with E-state index in [0.717, 1.165) is 55.0 Å². The molecule has 0 atom stereocenters. The minimum absolute atomic E-state index is 0.132. The topological polar surface area (TPSA) is 37.6 Å². The molecule has 0 aromatic carbocycles. The first-order valence-electron chi connectivity index (χ1n) is 6.98. The Balaban J connectivity index is 2.15. The number of hydrogen-bond donors (Lipinski definition) is 0. The fourth-order valence-electron chi connectivity index (χ4n) is 2.79. The first kappa shape index (κ1) is 12.2. The maximum absolute atomic E-state index is 12.7. The summed E-state index contributed by atoms with van der Waals surface area (Å²) in [6.45, 7) is 5.84. The molecule has 0 N–H and O–H groups in total. The highest BCUT2D eigenvalue weighted by Gasteiger charge is 2.25. The van der Waals surface area contributed by atoms with Gasteiger partial charge in [-0.2, -0.15) is 0 Å². The zero-order valence-corrected chi connectivity index (χ0v) is 11.5. The lowest BCUT2D eigenvalue weighted by Crippen LogP contribution is -2.29. The van der Waals surface area contributed by atoms with Crippen LogP contribution in [0.3, 0.4) is 0 Å². The SMILES string of the molecule is CCc1nc2c(C)cccn2c1C(=O)N1CCCC1. The molecule has 3 heterocycles. The Labute approximate surface area is 113 Å². The number of fused-ring (bicyclic) bond motifs is 1. The minimum atomic E-state index is 0.132. The zero-order valence-electron chi connectivity index (χ0n) is 11.5. The van der Waals surface area contributed by atoms with Gasteiger partial charge in [-0.25, -0.2) is 4.98 Å². The Morgan fingerprint density at radius 2 is 2.11 bits per heavy atom. The third-order valence-corrected chi connectivity index (χ3v) is 3.85. The van der Waals surface area contributed by atoms with Crippen LogP contribution in [0.5, 0.6) is 0 Å². The highest BCUT2D eigenvalue weighted by molar-refractivity contribution is 5.95. The van der Waals surface area contributed by atoms with E-state index in [9.17, 15) is 4.79 Å². The second-order valence-corrected chi connectivity index (χ2v) is 5.14. The Bertz CT molecular complexity index is 624. The summed E-state index contributed by atoms with van der Waals surface area (Å²) in [5, 5.41) is 0. The van der Waals surface area contributed by atoms with Gasteiger partial charge in [-0.3, -0.25) is 9.20 Å². The number of hydrogen-bond acceptors (Lipinski definition) is 2. The van der Waals surface area contributed by atoms with Crippen LogP contribution >= 0.6 is 0 Å². The number of aryl methyl sites for hydroxylation is 2. The van der Waals surface area contributed by atoms with Gasteiger partial charge >= 0.3 is 0 Å². The van der Waals surface area contributed by atoms with Gasteiger partial charge in [0, 0.05) is 19.3 Å². The lowest BCUT2D eigenvalue weighted by Gasteiger charge is -2.15. The van der Waals surface area contributed by atoms with E-state index in [2.05, 4.69) is 11.9 Å². The number of carbonyl (C=O) groups excluding carboxylic acids is 1. The molecule has 2 aromatic rings. The summed E-state index contributed by atoms with van der Waals surface area (Å²) in [5.41, 5.74) is 3.67. The van der Waals surface area contributed by atoms with Crippen LogP contribution in [0.1, 0.15) is 41.5 Å². The normalized spacial score (nSPS) is 15.4. The Morgan fingerprint density at radius 1 is 1.37 bits per heavy atom. The molecule has 0 spiro atoms. The standard InChI is InChI=1S/C15H19N3O/c1-3-12-13(15(19)17-8-4-5-9-17)18-10-6-7-11(2)14(18)16-12/h6-7,10H,3-5,8-9H2,1-2H3. The molecule has 1 amide bonds. The quantitative estimate of drug-likeness (QED) is 0.828. The van der Waals surface area contributed by atoms with Gasteiger partial charge < -0.3 is 4.90 Å². The van der Waals surface area contributed by atoms with Crippen LogP contribution in [0.4, 0.5) is 0 Å². The maximum Gasteiger partial charge on any atom is 0.272 e. The second-order valence-electron chi connectivity index (χ2n) is 5.14. The number of likely N-dealkylation sites (tertiary alicyclic amines) is 1. The van der Waals surface area contributed by atoms with Gasteiger partial charge in [-0.15, -0.1) is 0 Å². The smallest absolute Gasteiger partial charge is 0.272 e. The molecule has 1 aliphatic heterocycles. The molecule has 0 bridgehead atoms. The molecule has 4 nitrogen and oxygen atoms in total. The van der Waals surface area contributed by atoms with Gasteiger partial charge in [0.05, 0.1) is 5.69 Å². The molecular weight excluding hydrogens is 238 g/mol. The molecule has 0 aliphatic carbocycles. The van der Waals surface area contributed by atoms with Gasteiger partial charge in [-0.05, 0) is 37.8 Å². The highest BCUT2D eigenvalue weighted by atomic mass is 16.2. The van der Waals surface area contributed by atoms with Crippen molar-refractivity contribution in [3.63, 3.8) is 0 Å². The Morgan fingerprint density at radius 3 is 2.79 bits per heavy atom. The van der Waals surface area contributed by atoms with Crippen LogP contribution in [-0.4, -0.2) is 33.3 Å². The lowest BCUT2D eigenvalue weighted by atomic mass is 10.2. The number of amides is 1. The minimum Gasteiger partial charge on any atom is -0.337 e. The van der Waals surface area contributed by atoms with E-state index in [4.69, 9.17) is 0 Å². The van der Waals surface area contributed by atoms with Crippen LogP contribution in [0.15, 0.2) is 18.3 Å². The number of imidazole rings is 1. The fourth-order valence-corrected chi connectivity index (χ4v) is 2.79. The third-order valence-electron chi connectivity index (χ3n) is 3.85. The first-order chi connectivity index (χ1) is 9.22. The number of pyridine rings is 1. The first-order valence-corrected chi connectivity index (χ1v) is 6.98. The molecule has 0 saturated carbocycles. The van der Waals surface area contributed by atoms with Crippen molar-refractivity contribution in [2.45, 2.75) is 33.1 Å². The maximum atomic E-state index is 12.7.